The van der Waals surface area contributed by atoms with E-state index in [1.54, 1.807) is 6.07 Å². The Bertz CT molecular complexity index is 855. The molecule has 0 aliphatic heterocycles. The van der Waals surface area contributed by atoms with E-state index in [0.29, 0.717) is 22.5 Å². The predicted octanol–water partition coefficient (Wildman–Crippen LogP) is 3.03. The highest BCUT2D eigenvalue weighted by atomic mass is 35.5. The molecule has 0 aliphatic rings. The second-order valence-electron chi connectivity index (χ2n) is 4.20. The van der Waals surface area contributed by atoms with Gasteiger partial charge in [0.25, 0.3) is 0 Å². The molecule has 1 N–H and O–H groups in total. The van der Waals surface area contributed by atoms with Gasteiger partial charge < -0.3 is 4.52 Å². The van der Waals surface area contributed by atoms with Crippen LogP contribution < -0.4 is 4.72 Å². The lowest BCUT2D eigenvalue weighted by Crippen LogP contribution is -2.25. The van der Waals surface area contributed by atoms with Gasteiger partial charge in [0.2, 0.25) is 21.7 Å². The Morgan fingerprint density at radius 2 is 2.18 bits per heavy atom. The summed E-state index contributed by atoms with van der Waals surface area (Å²) in [4.78, 5) is 5.13. The van der Waals surface area contributed by atoms with Crippen LogP contribution in [0.1, 0.15) is 5.89 Å². The maximum Gasteiger partial charge on any atom is 0.250 e. The first-order valence-corrected chi connectivity index (χ1v) is 9.72. The Morgan fingerprint density at radius 1 is 1.32 bits per heavy atom. The molecule has 0 fully saturated rings. The van der Waals surface area contributed by atoms with Crippen molar-refractivity contribution >= 4 is 44.3 Å². The maximum atomic E-state index is 12.0. The van der Waals surface area contributed by atoms with E-state index in [4.69, 9.17) is 16.1 Å². The molecule has 0 aromatic carbocycles. The van der Waals surface area contributed by atoms with Crippen LogP contribution in [0.5, 0.6) is 0 Å². The first kappa shape index (κ1) is 15.6. The first-order chi connectivity index (χ1) is 10.5. The average molecular weight is 376 g/mol. The fraction of sp³-hybridized carbons (Fsp3) is 0.167. The zero-order valence-corrected chi connectivity index (χ0v) is 14.2. The lowest BCUT2D eigenvalue weighted by Gasteiger charge is -2.02. The van der Waals surface area contributed by atoms with Crippen LogP contribution in [-0.2, 0) is 16.4 Å². The Labute approximate surface area is 139 Å². The predicted molar refractivity (Wildman–Crippen MR) is 85.8 cm³/mol. The topological polar surface area (TPSA) is 85.1 Å². The molecule has 3 heterocycles. The van der Waals surface area contributed by atoms with Crippen molar-refractivity contribution in [2.45, 2.75) is 10.6 Å². The molecule has 0 saturated heterocycles. The number of aromatic nitrogens is 2. The van der Waals surface area contributed by atoms with Gasteiger partial charge in [-0.2, -0.15) is 4.98 Å². The van der Waals surface area contributed by atoms with Gasteiger partial charge in [0, 0.05) is 13.0 Å². The molecule has 0 radical (unpaired) electrons. The molecule has 0 spiro atoms. The number of thiophene rings is 2. The van der Waals surface area contributed by atoms with E-state index in [2.05, 4.69) is 14.9 Å². The molecule has 116 valence electrons. The van der Waals surface area contributed by atoms with Gasteiger partial charge in [0.05, 0.1) is 9.21 Å². The zero-order valence-electron chi connectivity index (χ0n) is 11.0. The molecule has 3 rings (SSSR count). The van der Waals surface area contributed by atoms with Crippen LogP contribution in [-0.4, -0.2) is 25.1 Å². The van der Waals surface area contributed by atoms with E-state index < -0.39 is 10.0 Å². The quantitative estimate of drug-likeness (QED) is 0.715. The maximum absolute atomic E-state index is 12.0. The minimum absolute atomic E-state index is 0.171. The summed E-state index contributed by atoms with van der Waals surface area (Å²) in [5, 5.41) is 5.79. The van der Waals surface area contributed by atoms with Crippen LogP contribution in [0.3, 0.4) is 0 Å². The molecule has 0 bridgehead atoms. The molecular formula is C12H10ClN3O3S3. The highest BCUT2D eigenvalue weighted by Crippen LogP contribution is 2.25. The van der Waals surface area contributed by atoms with Crippen molar-refractivity contribution in [2.75, 3.05) is 6.54 Å². The molecule has 22 heavy (non-hydrogen) atoms. The van der Waals surface area contributed by atoms with E-state index in [1.165, 1.54) is 17.4 Å². The van der Waals surface area contributed by atoms with Crippen molar-refractivity contribution < 1.29 is 12.9 Å². The number of nitrogens with zero attached hydrogens (tertiary/aromatic N) is 2. The Balaban J connectivity index is 1.59. The van der Waals surface area contributed by atoms with Crippen molar-refractivity contribution in [1.29, 1.82) is 0 Å². The summed E-state index contributed by atoms with van der Waals surface area (Å²) >= 11 is 8.26. The standard InChI is InChI=1S/C12H10ClN3O3S3/c13-9-3-4-11(21-9)22(17,18)14-6-5-10-15-12(16-19-10)8-2-1-7-20-8/h1-4,7,14H,5-6H2. The van der Waals surface area contributed by atoms with Crippen LogP contribution >= 0.6 is 34.3 Å². The lowest BCUT2D eigenvalue weighted by molar-refractivity contribution is 0.379. The number of hydrogen-bond donors (Lipinski definition) is 1. The Kier molecular flexibility index (Phi) is 4.59. The van der Waals surface area contributed by atoms with Crippen LogP contribution in [0, 0.1) is 0 Å². The van der Waals surface area contributed by atoms with Crippen molar-refractivity contribution in [3.63, 3.8) is 0 Å². The van der Waals surface area contributed by atoms with Gasteiger partial charge in [-0.1, -0.05) is 22.8 Å². The minimum atomic E-state index is -3.55. The summed E-state index contributed by atoms with van der Waals surface area (Å²) < 4.78 is 32.2. The minimum Gasteiger partial charge on any atom is -0.339 e. The SMILES string of the molecule is O=S(=O)(NCCc1nc(-c2cccs2)no1)c1ccc(Cl)s1. The van der Waals surface area contributed by atoms with E-state index >= 15 is 0 Å². The number of sulfonamides is 1. The third-order valence-electron chi connectivity index (χ3n) is 2.65. The van der Waals surface area contributed by atoms with Crippen LogP contribution in [0.15, 0.2) is 38.4 Å². The van der Waals surface area contributed by atoms with Crippen LogP contribution in [0.25, 0.3) is 10.7 Å². The van der Waals surface area contributed by atoms with Gasteiger partial charge in [0.1, 0.15) is 4.21 Å². The number of nitrogens with one attached hydrogen (secondary N) is 1. The van der Waals surface area contributed by atoms with E-state index in [1.807, 2.05) is 17.5 Å². The zero-order chi connectivity index (χ0) is 15.6. The summed E-state index contributed by atoms with van der Waals surface area (Å²) in [5.41, 5.74) is 0. The fourth-order valence-electron chi connectivity index (χ4n) is 1.67. The van der Waals surface area contributed by atoms with E-state index in [0.717, 1.165) is 16.2 Å². The van der Waals surface area contributed by atoms with Crippen molar-refractivity contribution in [2.24, 2.45) is 0 Å². The van der Waals surface area contributed by atoms with E-state index in [-0.39, 0.29) is 10.8 Å². The summed E-state index contributed by atoms with van der Waals surface area (Å²) in [6.45, 7) is 0.171. The lowest BCUT2D eigenvalue weighted by atomic mass is 10.4. The summed E-state index contributed by atoms with van der Waals surface area (Å²) in [6, 6.07) is 6.81. The molecule has 3 aromatic rings. The first-order valence-electron chi connectivity index (χ1n) is 6.16. The molecule has 10 heteroatoms. The van der Waals surface area contributed by atoms with E-state index in [9.17, 15) is 8.42 Å². The molecule has 0 aliphatic carbocycles. The smallest absolute Gasteiger partial charge is 0.250 e. The molecule has 0 unspecified atom stereocenters. The number of rotatable bonds is 6. The second-order valence-corrected chi connectivity index (χ2v) is 8.85. The van der Waals surface area contributed by atoms with Crippen LogP contribution in [0.2, 0.25) is 4.34 Å². The molecule has 0 amide bonds. The molecule has 3 aromatic heterocycles. The number of halogens is 1. The van der Waals surface area contributed by atoms with Gasteiger partial charge in [-0.3, -0.25) is 0 Å². The Hall–Kier alpha value is -1.26. The molecule has 0 saturated carbocycles. The average Bonchev–Trinajstić information content (AvgIpc) is 3.18. The largest absolute Gasteiger partial charge is 0.339 e. The van der Waals surface area contributed by atoms with Crippen molar-refractivity contribution in [3.8, 4) is 10.7 Å². The monoisotopic (exact) mass is 375 g/mol. The molecule has 6 nitrogen and oxygen atoms in total. The summed E-state index contributed by atoms with van der Waals surface area (Å²) in [5.74, 6) is 0.896. The van der Waals surface area contributed by atoms with Gasteiger partial charge >= 0.3 is 0 Å². The van der Waals surface area contributed by atoms with Gasteiger partial charge in [-0.25, -0.2) is 13.1 Å². The summed E-state index contributed by atoms with van der Waals surface area (Å²) in [6.07, 6.45) is 0.316. The van der Waals surface area contributed by atoms with Gasteiger partial charge in [0.15, 0.2) is 0 Å². The van der Waals surface area contributed by atoms with Crippen LogP contribution in [0.4, 0.5) is 0 Å². The molecular weight excluding hydrogens is 366 g/mol. The Morgan fingerprint density at radius 3 is 2.86 bits per heavy atom. The normalized spacial score (nSPS) is 11.9. The third-order valence-corrected chi connectivity index (χ3v) is 6.70. The van der Waals surface area contributed by atoms with Crippen molar-refractivity contribution in [1.82, 2.24) is 14.9 Å². The number of hydrogen-bond acceptors (Lipinski definition) is 7. The summed E-state index contributed by atoms with van der Waals surface area (Å²) in [7, 11) is -3.55. The fourth-order valence-corrected chi connectivity index (χ4v) is 4.88. The highest BCUT2D eigenvalue weighted by molar-refractivity contribution is 7.91. The highest BCUT2D eigenvalue weighted by Gasteiger charge is 2.17. The molecule has 0 atom stereocenters. The second kappa shape index (κ2) is 6.47. The van der Waals surface area contributed by atoms with Gasteiger partial charge in [-0.05, 0) is 23.6 Å². The van der Waals surface area contributed by atoms with Gasteiger partial charge in [-0.15, -0.1) is 22.7 Å². The third kappa shape index (κ3) is 3.55. The van der Waals surface area contributed by atoms with Crippen molar-refractivity contribution in [3.05, 3.63) is 39.9 Å².